The van der Waals surface area contributed by atoms with Crippen molar-refractivity contribution in [3.63, 3.8) is 0 Å². The molecule has 0 aliphatic carbocycles. The van der Waals surface area contributed by atoms with Gasteiger partial charge in [-0.25, -0.2) is 4.98 Å². The molecule has 3 amide bonds. The van der Waals surface area contributed by atoms with Gasteiger partial charge >= 0.3 is 0 Å². The van der Waals surface area contributed by atoms with Gasteiger partial charge in [0.2, 0.25) is 0 Å². The molecule has 164 valence electrons. The SMILES string of the molecule is O=C(NCCCc1nc2ccccc2s1)c1ccc2c(c1)C(=O)N(Cc1ccccc1)C2=O. The van der Waals surface area contributed by atoms with Crippen LogP contribution in [0.15, 0.2) is 72.8 Å². The van der Waals surface area contributed by atoms with Gasteiger partial charge in [0.15, 0.2) is 0 Å². The molecule has 1 aliphatic rings. The van der Waals surface area contributed by atoms with Crippen LogP contribution in [0.3, 0.4) is 0 Å². The minimum atomic E-state index is -0.371. The van der Waals surface area contributed by atoms with Crippen molar-refractivity contribution >= 4 is 39.3 Å². The lowest BCUT2D eigenvalue weighted by Crippen LogP contribution is -2.29. The molecule has 1 aliphatic heterocycles. The van der Waals surface area contributed by atoms with Crippen LogP contribution < -0.4 is 5.32 Å². The molecular weight excluding hydrogens is 434 g/mol. The third kappa shape index (κ3) is 4.27. The zero-order valence-electron chi connectivity index (χ0n) is 17.8. The van der Waals surface area contributed by atoms with Crippen molar-refractivity contribution in [2.75, 3.05) is 6.54 Å². The number of nitrogens with one attached hydrogen (secondary N) is 1. The van der Waals surface area contributed by atoms with E-state index in [0.717, 1.165) is 33.6 Å². The Labute approximate surface area is 194 Å². The third-order valence-electron chi connectivity index (χ3n) is 5.61. The van der Waals surface area contributed by atoms with E-state index in [4.69, 9.17) is 0 Å². The van der Waals surface area contributed by atoms with Crippen LogP contribution in [-0.4, -0.2) is 34.2 Å². The molecule has 0 saturated heterocycles. The molecule has 0 bridgehead atoms. The minimum Gasteiger partial charge on any atom is -0.352 e. The maximum Gasteiger partial charge on any atom is 0.261 e. The van der Waals surface area contributed by atoms with Crippen molar-refractivity contribution in [1.82, 2.24) is 15.2 Å². The topological polar surface area (TPSA) is 79.4 Å². The molecule has 0 radical (unpaired) electrons. The Morgan fingerprint density at radius 1 is 0.909 bits per heavy atom. The zero-order chi connectivity index (χ0) is 22.8. The summed E-state index contributed by atoms with van der Waals surface area (Å²) in [4.78, 5) is 44.0. The highest BCUT2D eigenvalue weighted by Crippen LogP contribution is 2.26. The van der Waals surface area contributed by atoms with Gasteiger partial charge in [-0.1, -0.05) is 42.5 Å². The summed E-state index contributed by atoms with van der Waals surface area (Å²) in [5.74, 6) is -0.963. The highest BCUT2D eigenvalue weighted by Gasteiger charge is 2.35. The fourth-order valence-corrected chi connectivity index (χ4v) is 4.92. The van der Waals surface area contributed by atoms with Crippen LogP contribution in [0.5, 0.6) is 0 Å². The molecule has 1 aromatic heterocycles. The van der Waals surface area contributed by atoms with Gasteiger partial charge in [-0.3, -0.25) is 19.3 Å². The highest BCUT2D eigenvalue weighted by atomic mass is 32.1. The second-order valence-corrected chi connectivity index (χ2v) is 8.99. The average Bonchev–Trinajstić information content (AvgIpc) is 3.36. The normalized spacial score (nSPS) is 12.9. The van der Waals surface area contributed by atoms with Crippen LogP contribution >= 0.6 is 11.3 Å². The molecule has 0 spiro atoms. The van der Waals surface area contributed by atoms with Gasteiger partial charge in [-0.05, 0) is 42.3 Å². The van der Waals surface area contributed by atoms with Gasteiger partial charge < -0.3 is 5.32 Å². The van der Waals surface area contributed by atoms with Crippen LogP contribution in [0.1, 0.15) is 48.1 Å². The first-order valence-electron chi connectivity index (χ1n) is 10.8. The predicted octanol–water partition coefficient (Wildman–Crippen LogP) is 4.46. The van der Waals surface area contributed by atoms with Gasteiger partial charge in [0.25, 0.3) is 17.7 Å². The number of nitrogens with zero attached hydrogens (tertiary/aromatic N) is 2. The maximum atomic E-state index is 12.8. The Hall–Kier alpha value is -3.84. The molecule has 6 nitrogen and oxygen atoms in total. The molecule has 3 aromatic carbocycles. The summed E-state index contributed by atoms with van der Waals surface area (Å²) in [5, 5.41) is 3.95. The largest absolute Gasteiger partial charge is 0.352 e. The standard InChI is InChI=1S/C26H21N3O3S/c30-24(27-14-6-11-23-28-21-9-4-5-10-22(21)33-23)18-12-13-19-20(15-18)26(32)29(25(19)31)16-17-7-2-1-3-8-17/h1-5,7-10,12-13,15H,6,11,14,16H2,(H,27,30). The number of fused-ring (bicyclic) bond motifs is 2. The Balaban J connectivity index is 1.20. The van der Waals surface area contributed by atoms with Gasteiger partial charge in [0, 0.05) is 18.5 Å². The number of aryl methyl sites for hydroxylation is 1. The first kappa shape index (κ1) is 21.0. The zero-order valence-corrected chi connectivity index (χ0v) is 18.6. The summed E-state index contributed by atoms with van der Waals surface area (Å²) in [6.07, 6.45) is 1.55. The quantitative estimate of drug-likeness (QED) is 0.330. The number of thiazole rings is 1. The molecule has 4 aromatic rings. The summed E-state index contributed by atoms with van der Waals surface area (Å²) in [6.45, 7) is 0.708. The van der Waals surface area contributed by atoms with E-state index in [1.54, 1.807) is 23.5 Å². The predicted molar refractivity (Wildman–Crippen MR) is 127 cm³/mol. The van der Waals surface area contributed by atoms with Crippen molar-refractivity contribution in [2.24, 2.45) is 0 Å². The average molecular weight is 456 g/mol. The van der Waals surface area contributed by atoms with Gasteiger partial charge in [-0.15, -0.1) is 11.3 Å². The first-order chi connectivity index (χ1) is 16.1. The molecule has 0 fully saturated rings. The van der Waals surface area contributed by atoms with Crippen LogP contribution in [0.25, 0.3) is 10.2 Å². The fraction of sp³-hybridized carbons (Fsp3) is 0.154. The lowest BCUT2D eigenvalue weighted by atomic mass is 10.1. The van der Waals surface area contributed by atoms with E-state index in [-0.39, 0.29) is 29.8 Å². The lowest BCUT2D eigenvalue weighted by molar-refractivity contribution is 0.0642. The van der Waals surface area contributed by atoms with E-state index in [0.29, 0.717) is 17.7 Å². The summed E-state index contributed by atoms with van der Waals surface area (Å²) in [7, 11) is 0. The molecule has 0 saturated carbocycles. The Kier molecular flexibility index (Phi) is 5.71. The van der Waals surface area contributed by atoms with Crippen molar-refractivity contribution in [3.8, 4) is 0 Å². The molecule has 0 unspecified atom stereocenters. The van der Waals surface area contributed by atoms with Crippen LogP contribution in [0, 0.1) is 0 Å². The fourth-order valence-electron chi connectivity index (χ4n) is 3.91. The number of para-hydroxylation sites is 1. The van der Waals surface area contributed by atoms with Crippen molar-refractivity contribution in [1.29, 1.82) is 0 Å². The number of rotatable bonds is 7. The van der Waals surface area contributed by atoms with E-state index >= 15 is 0 Å². The summed E-state index contributed by atoms with van der Waals surface area (Å²) in [6, 6.07) is 22.1. The summed E-state index contributed by atoms with van der Waals surface area (Å²) in [5.41, 5.74) is 2.86. The van der Waals surface area contributed by atoms with Crippen LogP contribution in [0.4, 0.5) is 0 Å². The van der Waals surface area contributed by atoms with Gasteiger partial charge in [-0.2, -0.15) is 0 Å². The number of carbonyl (C=O) groups excluding carboxylic acids is 3. The Morgan fingerprint density at radius 2 is 1.67 bits per heavy atom. The second-order valence-electron chi connectivity index (χ2n) is 7.88. The van der Waals surface area contributed by atoms with E-state index in [1.165, 1.54) is 11.0 Å². The Morgan fingerprint density at radius 3 is 2.48 bits per heavy atom. The smallest absolute Gasteiger partial charge is 0.261 e. The number of benzene rings is 3. The van der Waals surface area contributed by atoms with Crippen LogP contribution in [0.2, 0.25) is 0 Å². The van der Waals surface area contributed by atoms with E-state index in [2.05, 4.69) is 16.4 Å². The van der Waals surface area contributed by atoms with Crippen LogP contribution in [-0.2, 0) is 13.0 Å². The molecule has 7 heteroatoms. The number of aromatic nitrogens is 1. The second kappa shape index (κ2) is 8.96. The summed E-state index contributed by atoms with van der Waals surface area (Å²) >= 11 is 1.67. The molecule has 5 rings (SSSR count). The van der Waals surface area contributed by atoms with Gasteiger partial charge in [0.05, 0.1) is 32.9 Å². The van der Waals surface area contributed by atoms with Gasteiger partial charge in [0.1, 0.15) is 0 Å². The van der Waals surface area contributed by atoms with Crippen molar-refractivity contribution in [2.45, 2.75) is 19.4 Å². The Bertz CT molecular complexity index is 1330. The number of hydrogen-bond acceptors (Lipinski definition) is 5. The monoisotopic (exact) mass is 455 g/mol. The van der Waals surface area contributed by atoms with E-state index in [9.17, 15) is 14.4 Å². The highest BCUT2D eigenvalue weighted by molar-refractivity contribution is 7.18. The number of carbonyl (C=O) groups is 3. The number of hydrogen-bond donors (Lipinski definition) is 1. The van der Waals surface area contributed by atoms with Crippen molar-refractivity contribution in [3.05, 3.63) is 100 Å². The van der Waals surface area contributed by atoms with E-state index in [1.807, 2.05) is 48.5 Å². The van der Waals surface area contributed by atoms with E-state index < -0.39 is 0 Å². The first-order valence-corrected chi connectivity index (χ1v) is 11.6. The molecule has 1 N–H and O–H groups in total. The molecular formula is C26H21N3O3S. The molecule has 2 heterocycles. The molecule has 0 atom stereocenters. The van der Waals surface area contributed by atoms with Crippen molar-refractivity contribution < 1.29 is 14.4 Å². The number of imide groups is 1. The summed E-state index contributed by atoms with van der Waals surface area (Å²) < 4.78 is 1.16. The molecule has 33 heavy (non-hydrogen) atoms. The number of amides is 3. The third-order valence-corrected chi connectivity index (χ3v) is 6.70. The maximum absolute atomic E-state index is 12.8. The lowest BCUT2D eigenvalue weighted by Gasteiger charge is -2.13. The minimum absolute atomic E-state index is 0.209.